The van der Waals surface area contributed by atoms with Crippen molar-refractivity contribution in [2.75, 3.05) is 23.9 Å². The van der Waals surface area contributed by atoms with Gasteiger partial charge in [-0.15, -0.1) is 0 Å². The summed E-state index contributed by atoms with van der Waals surface area (Å²) in [6.07, 6.45) is 2.65. The van der Waals surface area contributed by atoms with Gasteiger partial charge in [0.2, 0.25) is 0 Å². The number of fused-ring (bicyclic) bond motifs is 1. The number of carbonyl (C=O) groups is 1. The van der Waals surface area contributed by atoms with Crippen LogP contribution in [-0.4, -0.2) is 25.1 Å². The van der Waals surface area contributed by atoms with E-state index in [1.807, 2.05) is 38.1 Å². The molecule has 1 amide bonds. The van der Waals surface area contributed by atoms with Crippen LogP contribution < -0.4 is 15.0 Å². The molecule has 0 saturated heterocycles. The second-order valence-corrected chi connectivity index (χ2v) is 9.24. The lowest BCUT2D eigenvalue weighted by molar-refractivity contribution is -0.112. The first-order chi connectivity index (χ1) is 15.1. The SMILES string of the molecule is CCN1c2cc(OC)c(/C=C(\C#N)C(=O)Nc3ccc(C)c(C)c3)cc2C(C)CC1(C)C. The topological polar surface area (TPSA) is 65.4 Å². The van der Waals surface area contributed by atoms with Crippen LogP contribution in [0.5, 0.6) is 5.75 Å². The summed E-state index contributed by atoms with van der Waals surface area (Å²) in [5, 5.41) is 12.5. The second kappa shape index (κ2) is 9.08. The fourth-order valence-corrected chi connectivity index (χ4v) is 4.74. The Morgan fingerprint density at radius 3 is 2.59 bits per heavy atom. The summed E-state index contributed by atoms with van der Waals surface area (Å²) in [5.74, 6) is 0.578. The van der Waals surface area contributed by atoms with Gasteiger partial charge in [-0.05, 0) is 87.9 Å². The quantitative estimate of drug-likeness (QED) is 0.468. The van der Waals surface area contributed by atoms with Crippen molar-refractivity contribution in [3.05, 3.63) is 58.2 Å². The number of anilines is 2. The maximum Gasteiger partial charge on any atom is 0.266 e. The Labute approximate surface area is 191 Å². The highest BCUT2D eigenvalue weighted by molar-refractivity contribution is 6.10. The van der Waals surface area contributed by atoms with Gasteiger partial charge in [-0.1, -0.05) is 13.0 Å². The van der Waals surface area contributed by atoms with Crippen molar-refractivity contribution < 1.29 is 9.53 Å². The fourth-order valence-electron chi connectivity index (χ4n) is 4.74. The third kappa shape index (κ3) is 4.50. The number of benzene rings is 2. The predicted octanol–water partition coefficient (Wildman–Crippen LogP) is 5.97. The molecule has 2 aromatic carbocycles. The van der Waals surface area contributed by atoms with E-state index in [-0.39, 0.29) is 11.1 Å². The third-order valence-corrected chi connectivity index (χ3v) is 6.48. The van der Waals surface area contributed by atoms with Crippen LogP contribution >= 0.6 is 0 Å². The second-order valence-electron chi connectivity index (χ2n) is 9.24. The van der Waals surface area contributed by atoms with E-state index in [9.17, 15) is 10.1 Å². The Kier molecular flexibility index (Phi) is 6.64. The molecule has 0 fully saturated rings. The molecule has 5 nitrogen and oxygen atoms in total. The van der Waals surface area contributed by atoms with Gasteiger partial charge in [-0.2, -0.15) is 5.26 Å². The van der Waals surface area contributed by atoms with E-state index in [1.165, 1.54) is 5.56 Å². The number of amides is 1. The number of hydrogen-bond acceptors (Lipinski definition) is 4. The van der Waals surface area contributed by atoms with E-state index in [1.54, 1.807) is 13.2 Å². The molecule has 0 aromatic heterocycles. The minimum Gasteiger partial charge on any atom is -0.496 e. The Balaban J connectivity index is 2.00. The largest absolute Gasteiger partial charge is 0.496 e. The Morgan fingerprint density at radius 2 is 2.00 bits per heavy atom. The molecule has 0 bridgehead atoms. The number of nitrogens with one attached hydrogen (secondary N) is 1. The molecule has 5 heteroatoms. The van der Waals surface area contributed by atoms with E-state index in [0.29, 0.717) is 17.4 Å². The molecular formula is C27H33N3O2. The lowest BCUT2D eigenvalue weighted by atomic mass is 9.79. The van der Waals surface area contributed by atoms with Crippen LogP contribution in [0.15, 0.2) is 35.9 Å². The van der Waals surface area contributed by atoms with Gasteiger partial charge >= 0.3 is 0 Å². The molecule has 0 saturated carbocycles. The van der Waals surface area contributed by atoms with Gasteiger partial charge in [-0.3, -0.25) is 4.79 Å². The van der Waals surface area contributed by atoms with Crippen molar-refractivity contribution in [2.24, 2.45) is 0 Å². The third-order valence-electron chi connectivity index (χ3n) is 6.48. The first-order valence-electron chi connectivity index (χ1n) is 11.1. The van der Waals surface area contributed by atoms with Crippen LogP contribution in [-0.2, 0) is 4.79 Å². The lowest BCUT2D eigenvalue weighted by Crippen LogP contribution is -2.48. The monoisotopic (exact) mass is 431 g/mol. The summed E-state index contributed by atoms with van der Waals surface area (Å²) in [7, 11) is 1.62. The molecule has 2 aromatic rings. The van der Waals surface area contributed by atoms with Crippen molar-refractivity contribution >= 4 is 23.4 Å². The summed E-state index contributed by atoms with van der Waals surface area (Å²) < 4.78 is 5.67. The molecule has 3 rings (SSSR count). The van der Waals surface area contributed by atoms with E-state index >= 15 is 0 Å². The molecule has 1 unspecified atom stereocenters. The first kappa shape index (κ1) is 23.4. The highest BCUT2D eigenvalue weighted by Crippen LogP contribution is 2.45. The molecule has 0 spiro atoms. The Morgan fingerprint density at radius 1 is 1.28 bits per heavy atom. The zero-order valence-corrected chi connectivity index (χ0v) is 20.2. The average molecular weight is 432 g/mol. The summed E-state index contributed by atoms with van der Waals surface area (Å²) in [6, 6.07) is 11.9. The number of methoxy groups -OCH3 is 1. The highest BCUT2D eigenvalue weighted by Gasteiger charge is 2.36. The first-order valence-corrected chi connectivity index (χ1v) is 11.1. The normalized spacial score (nSPS) is 17.4. The summed E-state index contributed by atoms with van der Waals surface area (Å²) in [4.78, 5) is 15.2. The van der Waals surface area contributed by atoms with Gasteiger partial charge in [0.25, 0.3) is 5.91 Å². The van der Waals surface area contributed by atoms with Crippen LogP contribution in [0.25, 0.3) is 6.08 Å². The molecule has 0 radical (unpaired) electrons. The van der Waals surface area contributed by atoms with Crippen LogP contribution in [0.1, 0.15) is 62.3 Å². The zero-order valence-electron chi connectivity index (χ0n) is 20.2. The molecule has 1 N–H and O–H groups in total. The number of nitrogens with zero attached hydrogens (tertiary/aromatic N) is 2. The van der Waals surface area contributed by atoms with E-state index < -0.39 is 5.91 Å². The maximum absolute atomic E-state index is 12.8. The molecule has 1 atom stereocenters. The molecule has 168 valence electrons. The standard InChI is InChI=1S/C27H33N3O2/c1-8-30-24-14-25(32-7)20(13-23(24)19(4)15-27(30,5)6)12-21(16-28)26(31)29-22-10-9-17(2)18(3)11-22/h9-14,19H,8,15H2,1-7H3,(H,29,31)/b21-12+. The number of nitriles is 1. The minimum absolute atomic E-state index is 0.0395. The zero-order chi connectivity index (χ0) is 23.6. The molecule has 1 aliphatic rings. The van der Waals surface area contributed by atoms with Crippen molar-refractivity contribution in [1.29, 1.82) is 5.26 Å². The van der Waals surface area contributed by atoms with Gasteiger partial charge in [0.1, 0.15) is 17.4 Å². The molecular weight excluding hydrogens is 398 g/mol. The summed E-state index contributed by atoms with van der Waals surface area (Å²) >= 11 is 0. The van der Waals surface area contributed by atoms with E-state index in [0.717, 1.165) is 35.3 Å². The highest BCUT2D eigenvalue weighted by atomic mass is 16.5. The lowest BCUT2D eigenvalue weighted by Gasteiger charge is -2.47. The fraction of sp³-hybridized carbons (Fsp3) is 0.407. The van der Waals surface area contributed by atoms with Crippen molar-refractivity contribution in [2.45, 2.75) is 59.4 Å². The Hall–Kier alpha value is -3.26. The van der Waals surface area contributed by atoms with Crippen LogP contribution in [0.4, 0.5) is 11.4 Å². The average Bonchev–Trinajstić information content (AvgIpc) is 2.73. The van der Waals surface area contributed by atoms with Gasteiger partial charge < -0.3 is 15.0 Å². The van der Waals surface area contributed by atoms with E-state index in [2.05, 4.69) is 50.0 Å². The Bertz CT molecular complexity index is 1110. The van der Waals surface area contributed by atoms with Gasteiger partial charge in [0.15, 0.2) is 0 Å². The van der Waals surface area contributed by atoms with Crippen LogP contribution in [0, 0.1) is 25.2 Å². The predicted molar refractivity (Wildman–Crippen MR) is 131 cm³/mol. The number of rotatable bonds is 5. The molecule has 1 heterocycles. The summed E-state index contributed by atoms with van der Waals surface area (Å²) in [6.45, 7) is 13.8. The number of ether oxygens (including phenoxy) is 1. The van der Waals surface area contributed by atoms with Crippen LogP contribution in [0.3, 0.4) is 0 Å². The minimum atomic E-state index is -0.431. The van der Waals surface area contributed by atoms with Gasteiger partial charge in [0.05, 0.1) is 7.11 Å². The molecule has 0 aliphatic carbocycles. The number of hydrogen-bond donors (Lipinski definition) is 1. The van der Waals surface area contributed by atoms with Gasteiger partial charge in [0, 0.05) is 35.1 Å². The van der Waals surface area contributed by atoms with Crippen molar-refractivity contribution in [1.82, 2.24) is 0 Å². The number of carbonyl (C=O) groups excluding carboxylic acids is 1. The maximum atomic E-state index is 12.8. The number of aryl methyl sites for hydroxylation is 2. The smallest absolute Gasteiger partial charge is 0.266 e. The molecule has 32 heavy (non-hydrogen) atoms. The van der Waals surface area contributed by atoms with Crippen molar-refractivity contribution in [3.63, 3.8) is 0 Å². The summed E-state index contributed by atoms with van der Waals surface area (Å²) in [5.41, 5.74) is 6.10. The molecule has 1 aliphatic heterocycles. The van der Waals surface area contributed by atoms with Crippen molar-refractivity contribution in [3.8, 4) is 11.8 Å². The van der Waals surface area contributed by atoms with Gasteiger partial charge in [-0.25, -0.2) is 0 Å². The van der Waals surface area contributed by atoms with Crippen LogP contribution in [0.2, 0.25) is 0 Å². The van der Waals surface area contributed by atoms with E-state index in [4.69, 9.17) is 4.74 Å².